The van der Waals surface area contributed by atoms with Gasteiger partial charge >= 0.3 is 0 Å². The van der Waals surface area contributed by atoms with E-state index in [2.05, 4.69) is 16.9 Å². The number of carbonyl (C=O) groups excluding carboxylic acids is 1. The lowest BCUT2D eigenvalue weighted by molar-refractivity contribution is -0.130. The number of nitrogens with one attached hydrogen (secondary N) is 1. The molecule has 1 saturated heterocycles. The van der Waals surface area contributed by atoms with E-state index in [1.807, 2.05) is 54.3 Å². The van der Waals surface area contributed by atoms with E-state index in [1.165, 1.54) is 12.1 Å². The van der Waals surface area contributed by atoms with Crippen molar-refractivity contribution in [3.05, 3.63) is 107 Å². The number of allylic oxidation sites excluding steroid dienone is 2. The van der Waals surface area contributed by atoms with Gasteiger partial charge in [-0.2, -0.15) is 5.26 Å². The minimum atomic E-state index is -0.571. The molecule has 2 aromatic carbocycles. The number of nitrogens with zero attached hydrogens (tertiary/aromatic N) is 4. The van der Waals surface area contributed by atoms with Crippen molar-refractivity contribution in [2.45, 2.75) is 38.9 Å². The van der Waals surface area contributed by atoms with E-state index < -0.39 is 11.9 Å². The Kier molecular flexibility index (Phi) is 9.97. The SMILES string of the molecule is C=C(CNC1CCN(C(C(/C=C(\C)O)=C/C)c2ccccc2)C1=O)N(C=NC)Cc1ccc(C#N)c(F)c1. The molecule has 2 aromatic rings. The van der Waals surface area contributed by atoms with Crippen molar-refractivity contribution in [2.24, 2.45) is 4.99 Å². The molecule has 1 fully saturated rings. The Morgan fingerprint density at radius 1 is 1.37 bits per heavy atom. The molecule has 8 heteroatoms. The molecule has 198 valence electrons. The zero-order chi connectivity index (χ0) is 27.7. The highest BCUT2D eigenvalue weighted by Crippen LogP contribution is 2.33. The monoisotopic (exact) mass is 515 g/mol. The van der Waals surface area contributed by atoms with Gasteiger partial charge in [0.15, 0.2) is 0 Å². The summed E-state index contributed by atoms with van der Waals surface area (Å²) in [6.07, 6.45) is 5.84. The van der Waals surface area contributed by atoms with Crippen LogP contribution >= 0.6 is 0 Å². The molecule has 0 spiro atoms. The lowest BCUT2D eigenvalue weighted by atomic mass is 9.96. The van der Waals surface area contributed by atoms with Crippen molar-refractivity contribution in [1.82, 2.24) is 15.1 Å². The lowest BCUT2D eigenvalue weighted by Gasteiger charge is -2.30. The predicted octanol–water partition coefficient (Wildman–Crippen LogP) is 5.01. The first-order chi connectivity index (χ1) is 18.3. The van der Waals surface area contributed by atoms with Gasteiger partial charge in [0.05, 0.1) is 29.7 Å². The Bertz CT molecular complexity index is 1280. The maximum atomic E-state index is 14.1. The number of carbonyl (C=O) groups is 1. The predicted molar refractivity (Wildman–Crippen MR) is 148 cm³/mol. The van der Waals surface area contributed by atoms with E-state index in [9.17, 15) is 14.3 Å². The number of hydrogen-bond donors (Lipinski definition) is 2. The third-order valence-electron chi connectivity index (χ3n) is 6.41. The van der Waals surface area contributed by atoms with Crippen LogP contribution in [0.1, 0.15) is 43.0 Å². The summed E-state index contributed by atoms with van der Waals surface area (Å²) in [5.74, 6) is -0.421. The number of likely N-dealkylation sites (tertiary alicyclic amines) is 1. The zero-order valence-electron chi connectivity index (χ0n) is 22.1. The third kappa shape index (κ3) is 6.96. The second-order valence-corrected chi connectivity index (χ2v) is 9.14. The van der Waals surface area contributed by atoms with Crippen molar-refractivity contribution in [2.75, 3.05) is 20.1 Å². The molecule has 2 N–H and O–H groups in total. The largest absolute Gasteiger partial charge is 0.513 e. The standard InChI is InChI=1S/C30H34FN5O2/c1-5-24(15-22(3)37)29(25-9-7-6-8-10-25)36-14-13-28(30(36)38)34-18-21(2)35(20-33-4)19-23-11-12-26(17-32)27(31)16-23/h5-12,15-16,20,28-29,34,37H,2,13-14,18-19H2,1,3-4H3/b22-15+,24-5+,33-20?. The van der Waals surface area contributed by atoms with Gasteiger partial charge in [-0.25, -0.2) is 4.39 Å². The molecule has 0 aromatic heterocycles. The third-order valence-corrected chi connectivity index (χ3v) is 6.41. The number of hydrogen-bond acceptors (Lipinski definition) is 5. The van der Waals surface area contributed by atoms with Gasteiger partial charge < -0.3 is 20.2 Å². The van der Waals surface area contributed by atoms with Crippen molar-refractivity contribution < 1.29 is 14.3 Å². The summed E-state index contributed by atoms with van der Waals surface area (Å²) in [6.45, 7) is 8.86. The minimum absolute atomic E-state index is 0.00576. The molecule has 1 aliphatic heterocycles. The second kappa shape index (κ2) is 13.4. The number of benzene rings is 2. The number of rotatable bonds is 11. The average molecular weight is 516 g/mol. The van der Waals surface area contributed by atoms with Crippen LogP contribution in [0.4, 0.5) is 4.39 Å². The van der Waals surface area contributed by atoms with Crippen LogP contribution < -0.4 is 5.32 Å². The van der Waals surface area contributed by atoms with E-state index in [1.54, 1.807) is 37.4 Å². The highest BCUT2D eigenvalue weighted by molar-refractivity contribution is 5.85. The minimum Gasteiger partial charge on any atom is -0.513 e. The topological polar surface area (TPSA) is 92.0 Å². The average Bonchev–Trinajstić information content (AvgIpc) is 3.26. The molecule has 3 rings (SSSR count). The van der Waals surface area contributed by atoms with E-state index in [4.69, 9.17) is 5.26 Å². The van der Waals surface area contributed by atoms with Gasteiger partial charge in [0.2, 0.25) is 5.91 Å². The van der Waals surface area contributed by atoms with Crippen molar-refractivity contribution in [1.29, 1.82) is 5.26 Å². The van der Waals surface area contributed by atoms with Crippen molar-refractivity contribution >= 4 is 12.2 Å². The summed E-state index contributed by atoms with van der Waals surface area (Å²) in [5.41, 5.74) is 3.14. The molecule has 0 bridgehead atoms. The van der Waals surface area contributed by atoms with Gasteiger partial charge in [-0.1, -0.05) is 49.1 Å². The molecule has 0 saturated carbocycles. The number of aliphatic hydroxyl groups is 1. The quantitative estimate of drug-likeness (QED) is 0.190. The fourth-order valence-electron chi connectivity index (χ4n) is 4.56. The highest BCUT2D eigenvalue weighted by Gasteiger charge is 2.37. The van der Waals surface area contributed by atoms with Crippen LogP contribution in [0.5, 0.6) is 0 Å². The summed E-state index contributed by atoms with van der Waals surface area (Å²) >= 11 is 0. The highest BCUT2D eigenvalue weighted by atomic mass is 19.1. The van der Waals surface area contributed by atoms with E-state index in [0.717, 1.165) is 11.1 Å². The molecule has 1 heterocycles. The van der Waals surface area contributed by atoms with Crippen LogP contribution in [0.2, 0.25) is 0 Å². The van der Waals surface area contributed by atoms with Gasteiger partial charge in [0.25, 0.3) is 0 Å². The molecule has 7 nitrogen and oxygen atoms in total. The number of nitriles is 1. The van der Waals surface area contributed by atoms with Crippen LogP contribution in [0.25, 0.3) is 0 Å². The Hall–Kier alpha value is -4.22. The molecular weight excluding hydrogens is 481 g/mol. The molecule has 38 heavy (non-hydrogen) atoms. The second-order valence-electron chi connectivity index (χ2n) is 9.14. The first kappa shape index (κ1) is 28.4. The lowest BCUT2D eigenvalue weighted by Crippen LogP contribution is -2.42. The van der Waals surface area contributed by atoms with Crippen molar-refractivity contribution in [3.8, 4) is 6.07 Å². The van der Waals surface area contributed by atoms with Crippen LogP contribution in [-0.2, 0) is 11.3 Å². The molecular formula is C30H34FN5O2. The summed E-state index contributed by atoms with van der Waals surface area (Å²) in [4.78, 5) is 21.2. The Morgan fingerprint density at radius 3 is 2.71 bits per heavy atom. The van der Waals surface area contributed by atoms with E-state index in [-0.39, 0.29) is 23.3 Å². The summed E-state index contributed by atoms with van der Waals surface area (Å²) < 4.78 is 14.1. The van der Waals surface area contributed by atoms with Crippen molar-refractivity contribution in [3.63, 3.8) is 0 Å². The van der Waals surface area contributed by atoms with E-state index in [0.29, 0.717) is 37.3 Å². The maximum Gasteiger partial charge on any atom is 0.240 e. The molecule has 2 unspecified atom stereocenters. The smallest absolute Gasteiger partial charge is 0.240 e. The first-order valence-electron chi connectivity index (χ1n) is 12.5. The molecule has 2 atom stereocenters. The summed E-state index contributed by atoms with van der Waals surface area (Å²) in [7, 11) is 1.64. The number of aliphatic hydroxyl groups excluding tert-OH is 1. The summed E-state index contributed by atoms with van der Waals surface area (Å²) in [5, 5.41) is 22.2. The van der Waals surface area contributed by atoms with Gasteiger partial charge in [0, 0.05) is 32.4 Å². The fraction of sp³-hybridized carbons (Fsp3) is 0.300. The molecule has 1 amide bonds. The summed E-state index contributed by atoms with van der Waals surface area (Å²) in [6, 6.07) is 15.4. The number of aliphatic imine (C=N–C) groups is 1. The Morgan fingerprint density at radius 2 is 2.11 bits per heavy atom. The number of amides is 1. The Labute approximate surface area is 223 Å². The van der Waals surface area contributed by atoms with Gasteiger partial charge in [-0.3, -0.25) is 9.79 Å². The Balaban J connectivity index is 1.72. The molecule has 0 aliphatic carbocycles. The molecule has 1 aliphatic rings. The van der Waals surface area contributed by atoms with Gasteiger partial charge in [0.1, 0.15) is 11.9 Å². The zero-order valence-corrected chi connectivity index (χ0v) is 22.1. The van der Waals surface area contributed by atoms with Crippen LogP contribution in [0, 0.1) is 17.1 Å². The van der Waals surface area contributed by atoms with Crippen LogP contribution in [0.3, 0.4) is 0 Å². The van der Waals surface area contributed by atoms with Gasteiger partial charge in [-0.05, 0) is 55.2 Å². The first-order valence-corrected chi connectivity index (χ1v) is 12.5. The number of halogens is 1. The van der Waals surface area contributed by atoms with Gasteiger partial charge in [-0.15, -0.1) is 0 Å². The maximum absolute atomic E-state index is 14.1. The van der Waals surface area contributed by atoms with Crippen LogP contribution in [0.15, 0.2) is 89.3 Å². The fourth-order valence-corrected chi connectivity index (χ4v) is 4.56. The molecule has 0 radical (unpaired) electrons. The van der Waals surface area contributed by atoms with Crippen LogP contribution in [-0.4, -0.2) is 53.3 Å². The van der Waals surface area contributed by atoms with E-state index >= 15 is 0 Å². The normalized spacial score (nSPS) is 17.1.